The Hall–Kier alpha value is -2.10. The summed E-state index contributed by atoms with van der Waals surface area (Å²) in [5.41, 5.74) is 0.254. The van der Waals surface area contributed by atoms with E-state index in [1.54, 1.807) is 30.3 Å². The molecule has 14 heavy (non-hydrogen) atoms. The van der Waals surface area contributed by atoms with E-state index in [9.17, 15) is 4.79 Å². The number of carbonyl (C=O) groups is 1. The maximum absolute atomic E-state index is 11.4. The van der Waals surface area contributed by atoms with Crippen LogP contribution < -0.4 is 4.74 Å². The number of pyridine rings is 1. The van der Waals surface area contributed by atoms with Crippen LogP contribution in [0.3, 0.4) is 0 Å². The van der Waals surface area contributed by atoms with E-state index in [-0.39, 0.29) is 11.6 Å². The van der Waals surface area contributed by atoms with Crippen molar-refractivity contribution in [3.63, 3.8) is 0 Å². The third kappa shape index (κ3) is 1.80. The smallest absolute Gasteiger partial charge is 0.364 e. The molecule has 0 aromatic carbocycles. The standard InChI is InChI=1S/C10H7NO3/c12-10(8-4-1-2-6-11-8)14-9-5-3-7-13-9/h1-7H. The van der Waals surface area contributed by atoms with E-state index in [0.717, 1.165) is 0 Å². The van der Waals surface area contributed by atoms with Gasteiger partial charge in [-0.25, -0.2) is 9.78 Å². The SMILES string of the molecule is O=C(Oc1ccco1)c1ccccn1. The fraction of sp³-hybridized carbons (Fsp3) is 0. The molecule has 2 aromatic heterocycles. The number of aromatic nitrogens is 1. The Labute approximate surface area is 80.1 Å². The first-order valence-corrected chi connectivity index (χ1v) is 4.03. The Balaban J connectivity index is 2.11. The Bertz CT molecular complexity index is 408. The van der Waals surface area contributed by atoms with Crippen LogP contribution >= 0.6 is 0 Å². The summed E-state index contributed by atoms with van der Waals surface area (Å²) in [5, 5.41) is 0. The van der Waals surface area contributed by atoms with Gasteiger partial charge in [-0.15, -0.1) is 0 Å². The maximum atomic E-state index is 11.4. The molecule has 0 aliphatic carbocycles. The van der Waals surface area contributed by atoms with Crippen LogP contribution in [0.1, 0.15) is 10.5 Å². The van der Waals surface area contributed by atoms with Crippen LogP contribution in [0, 0.1) is 0 Å². The molecule has 0 fully saturated rings. The average Bonchev–Trinajstić information content (AvgIpc) is 2.72. The Morgan fingerprint density at radius 2 is 2.21 bits per heavy atom. The van der Waals surface area contributed by atoms with Gasteiger partial charge in [-0.3, -0.25) is 0 Å². The molecular formula is C10H7NO3. The predicted octanol–water partition coefficient (Wildman–Crippen LogP) is 1.89. The number of carbonyl (C=O) groups excluding carboxylic acids is 1. The van der Waals surface area contributed by atoms with Gasteiger partial charge in [-0.1, -0.05) is 6.07 Å². The van der Waals surface area contributed by atoms with Crippen molar-refractivity contribution in [3.8, 4) is 5.95 Å². The van der Waals surface area contributed by atoms with E-state index < -0.39 is 5.97 Å². The van der Waals surface area contributed by atoms with E-state index in [4.69, 9.17) is 9.15 Å². The van der Waals surface area contributed by atoms with Gasteiger partial charge in [0.15, 0.2) is 0 Å². The average molecular weight is 189 g/mol. The summed E-state index contributed by atoms with van der Waals surface area (Å²) in [6.45, 7) is 0. The first-order valence-electron chi connectivity index (χ1n) is 4.03. The second-order valence-corrected chi connectivity index (χ2v) is 2.54. The van der Waals surface area contributed by atoms with E-state index in [1.807, 2.05) is 0 Å². The lowest BCUT2D eigenvalue weighted by atomic mass is 10.4. The second-order valence-electron chi connectivity index (χ2n) is 2.54. The van der Waals surface area contributed by atoms with Crippen molar-refractivity contribution < 1.29 is 13.9 Å². The van der Waals surface area contributed by atoms with E-state index in [1.165, 1.54) is 12.5 Å². The summed E-state index contributed by atoms with van der Waals surface area (Å²) in [6.07, 6.45) is 2.96. The summed E-state index contributed by atoms with van der Waals surface area (Å²) in [7, 11) is 0. The van der Waals surface area contributed by atoms with Crippen molar-refractivity contribution >= 4 is 5.97 Å². The molecule has 4 heteroatoms. The van der Waals surface area contributed by atoms with Crippen molar-refractivity contribution in [2.24, 2.45) is 0 Å². The number of furan rings is 1. The molecule has 0 unspecified atom stereocenters. The molecule has 2 heterocycles. The molecule has 2 rings (SSSR count). The van der Waals surface area contributed by atoms with Gasteiger partial charge in [0.1, 0.15) is 5.69 Å². The quantitative estimate of drug-likeness (QED) is 0.677. The second kappa shape index (κ2) is 3.74. The maximum Gasteiger partial charge on any atom is 0.364 e. The van der Waals surface area contributed by atoms with Crippen LogP contribution in [0.4, 0.5) is 0 Å². The monoisotopic (exact) mass is 189 g/mol. The molecular weight excluding hydrogens is 182 g/mol. The van der Waals surface area contributed by atoms with Gasteiger partial charge < -0.3 is 9.15 Å². The highest BCUT2D eigenvalue weighted by molar-refractivity contribution is 5.88. The predicted molar refractivity (Wildman–Crippen MR) is 47.9 cm³/mol. The van der Waals surface area contributed by atoms with Crippen LogP contribution in [0.5, 0.6) is 5.95 Å². The summed E-state index contributed by atoms with van der Waals surface area (Å²) in [5.74, 6) is -0.360. The third-order valence-electron chi connectivity index (χ3n) is 1.56. The lowest BCUT2D eigenvalue weighted by Crippen LogP contribution is -2.09. The number of esters is 1. The molecule has 0 bridgehead atoms. The largest absolute Gasteiger partial charge is 0.434 e. The lowest BCUT2D eigenvalue weighted by molar-refractivity contribution is 0.0688. The minimum atomic E-state index is -0.527. The van der Waals surface area contributed by atoms with Crippen LogP contribution in [-0.4, -0.2) is 11.0 Å². The summed E-state index contributed by atoms with van der Waals surface area (Å²) >= 11 is 0. The zero-order chi connectivity index (χ0) is 9.80. The molecule has 2 aromatic rings. The molecule has 70 valence electrons. The van der Waals surface area contributed by atoms with Crippen molar-refractivity contribution in [1.82, 2.24) is 4.98 Å². The van der Waals surface area contributed by atoms with Gasteiger partial charge in [-0.2, -0.15) is 0 Å². The van der Waals surface area contributed by atoms with Crippen LogP contribution in [0.2, 0.25) is 0 Å². The van der Waals surface area contributed by atoms with Crippen LogP contribution in [0.25, 0.3) is 0 Å². The van der Waals surface area contributed by atoms with Crippen molar-refractivity contribution in [2.45, 2.75) is 0 Å². The molecule has 0 amide bonds. The minimum absolute atomic E-state index is 0.167. The fourth-order valence-electron chi connectivity index (χ4n) is 0.949. The highest BCUT2D eigenvalue weighted by Gasteiger charge is 2.10. The molecule has 4 nitrogen and oxygen atoms in total. The van der Waals surface area contributed by atoms with Gasteiger partial charge in [0.25, 0.3) is 5.95 Å². The Kier molecular flexibility index (Phi) is 2.27. The van der Waals surface area contributed by atoms with Gasteiger partial charge in [0, 0.05) is 12.3 Å². The van der Waals surface area contributed by atoms with E-state index in [2.05, 4.69) is 4.98 Å². The van der Waals surface area contributed by atoms with Crippen LogP contribution in [0.15, 0.2) is 47.2 Å². The first-order chi connectivity index (χ1) is 6.86. The zero-order valence-electron chi connectivity index (χ0n) is 7.21. The highest BCUT2D eigenvalue weighted by Crippen LogP contribution is 2.11. The number of hydrogen-bond acceptors (Lipinski definition) is 4. The Morgan fingerprint density at radius 3 is 2.86 bits per heavy atom. The van der Waals surface area contributed by atoms with Gasteiger partial charge in [0.2, 0.25) is 0 Å². The van der Waals surface area contributed by atoms with E-state index >= 15 is 0 Å². The molecule has 0 N–H and O–H groups in total. The molecule has 0 aliphatic rings. The summed E-state index contributed by atoms with van der Waals surface area (Å²) in [6, 6.07) is 8.21. The number of nitrogens with zero attached hydrogens (tertiary/aromatic N) is 1. The van der Waals surface area contributed by atoms with Crippen molar-refractivity contribution in [2.75, 3.05) is 0 Å². The third-order valence-corrected chi connectivity index (χ3v) is 1.56. The topological polar surface area (TPSA) is 52.3 Å². The first kappa shape index (κ1) is 8.50. The number of rotatable bonds is 2. The normalized spacial score (nSPS) is 9.71. The summed E-state index contributed by atoms with van der Waals surface area (Å²) in [4.78, 5) is 15.2. The van der Waals surface area contributed by atoms with E-state index in [0.29, 0.717) is 0 Å². The molecule has 0 radical (unpaired) electrons. The van der Waals surface area contributed by atoms with Crippen molar-refractivity contribution in [3.05, 3.63) is 48.5 Å². The Morgan fingerprint density at radius 1 is 1.29 bits per heavy atom. The molecule has 0 aliphatic heterocycles. The summed E-state index contributed by atoms with van der Waals surface area (Å²) < 4.78 is 9.73. The number of hydrogen-bond donors (Lipinski definition) is 0. The molecule has 0 saturated carbocycles. The molecule has 0 atom stereocenters. The number of ether oxygens (including phenoxy) is 1. The van der Waals surface area contributed by atoms with Crippen molar-refractivity contribution in [1.29, 1.82) is 0 Å². The van der Waals surface area contributed by atoms with Crippen LogP contribution in [-0.2, 0) is 0 Å². The minimum Gasteiger partial charge on any atom is -0.434 e. The van der Waals surface area contributed by atoms with Gasteiger partial charge in [-0.05, 0) is 18.2 Å². The molecule has 0 spiro atoms. The lowest BCUT2D eigenvalue weighted by Gasteiger charge is -1.98. The highest BCUT2D eigenvalue weighted by atomic mass is 16.6. The van der Waals surface area contributed by atoms with Gasteiger partial charge >= 0.3 is 5.97 Å². The fourth-order valence-corrected chi connectivity index (χ4v) is 0.949. The molecule has 0 saturated heterocycles. The van der Waals surface area contributed by atoms with Gasteiger partial charge in [0.05, 0.1) is 6.26 Å². The zero-order valence-corrected chi connectivity index (χ0v) is 7.21.